The summed E-state index contributed by atoms with van der Waals surface area (Å²) in [6.07, 6.45) is 0.523. The first-order chi connectivity index (χ1) is 12.8. The number of hydrogen-bond acceptors (Lipinski definition) is 9. The van der Waals surface area contributed by atoms with E-state index in [0.29, 0.717) is 23.5 Å². The monoisotopic (exact) mass is 399 g/mol. The molecule has 3 rings (SSSR count). The van der Waals surface area contributed by atoms with Crippen LogP contribution in [0, 0.1) is 0 Å². The normalized spacial score (nSPS) is 16.9. The van der Waals surface area contributed by atoms with E-state index in [1.165, 1.54) is 25.4 Å². The molecule has 0 saturated carbocycles. The third-order valence-electron chi connectivity index (χ3n) is 4.07. The predicted molar refractivity (Wildman–Crippen MR) is 99.9 cm³/mol. The van der Waals surface area contributed by atoms with E-state index in [1.54, 1.807) is 18.2 Å². The topological polar surface area (TPSA) is 122 Å². The van der Waals surface area contributed by atoms with Crippen molar-refractivity contribution in [1.82, 2.24) is 0 Å². The minimum Gasteiger partial charge on any atom is -0.502 e. The van der Waals surface area contributed by atoms with Gasteiger partial charge in [-0.1, -0.05) is 0 Å². The van der Waals surface area contributed by atoms with Crippen LogP contribution in [0.25, 0.3) is 11.3 Å². The first-order valence-corrected chi connectivity index (χ1v) is 9.76. The highest BCUT2D eigenvalue weighted by Crippen LogP contribution is 2.58. The molecular formula is C17H21NO8S. The van der Waals surface area contributed by atoms with Crippen molar-refractivity contribution in [2.75, 3.05) is 30.8 Å². The van der Waals surface area contributed by atoms with E-state index >= 15 is 0 Å². The minimum absolute atomic E-state index is 0.00398. The zero-order chi connectivity index (χ0) is 19.8. The fourth-order valence-corrected chi connectivity index (χ4v) is 4.41. The van der Waals surface area contributed by atoms with Gasteiger partial charge in [0, 0.05) is 19.0 Å². The second kappa shape index (κ2) is 7.22. The van der Waals surface area contributed by atoms with Gasteiger partial charge < -0.3 is 23.7 Å². The number of benzene rings is 1. The Balaban J connectivity index is 2.13. The van der Waals surface area contributed by atoms with E-state index in [1.807, 2.05) is 0 Å². The fourth-order valence-electron chi connectivity index (χ4n) is 2.86. The van der Waals surface area contributed by atoms with Crippen LogP contribution < -0.4 is 18.5 Å². The number of nitrogens with zero attached hydrogens (tertiary/aromatic N) is 1. The maximum Gasteiger partial charge on any atom is 0.308 e. The average Bonchev–Trinajstić information content (AvgIpc) is 3.13. The highest BCUT2D eigenvalue weighted by atomic mass is 32.3. The lowest BCUT2D eigenvalue weighted by molar-refractivity contribution is -0.132. The van der Waals surface area contributed by atoms with Crippen LogP contribution in [0.2, 0.25) is 0 Å². The van der Waals surface area contributed by atoms with Gasteiger partial charge in [0.2, 0.25) is 11.5 Å². The molecule has 0 bridgehead atoms. The summed E-state index contributed by atoms with van der Waals surface area (Å²) < 4.78 is 43.0. The summed E-state index contributed by atoms with van der Waals surface area (Å²) in [6, 6.07) is 4.84. The zero-order valence-corrected chi connectivity index (χ0v) is 15.9. The molecule has 2 heterocycles. The molecule has 0 aliphatic carbocycles. The number of aromatic hydroxyl groups is 1. The molecule has 1 aromatic carbocycles. The van der Waals surface area contributed by atoms with Crippen molar-refractivity contribution in [3.8, 4) is 34.3 Å². The Bertz CT molecular complexity index is 863. The second-order valence-electron chi connectivity index (χ2n) is 5.87. The van der Waals surface area contributed by atoms with Crippen LogP contribution >= 0.6 is 10.8 Å². The molecule has 10 heteroatoms. The van der Waals surface area contributed by atoms with E-state index in [9.17, 15) is 19.0 Å². The zero-order valence-electron chi connectivity index (χ0n) is 15.1. The SMILES string of the molecule is COc1ccc(-c2oc(N3CCCS3(O)O)c(OC(C)=O)c2O)cc1OC. The molecule has 9 nitrogen and oxygen atoms in total. The first-order valence-electron chi connectivity index (χ1n) is 8.08. The van der Waals surface area contributed by atoms with E-state index < -0.39 is 22.5 Å². The van der Waals surface area contributed by atoms with Crippen LogP contribution in [0.5, 0.6) is 23.0 Å². The van der Waals surface area contributed by atoms with Gasteiger partial charge in [0.1, 0.15) is 0 Å². The molecule has 27 heavy (non-hydrogen) atoms. The fraction of sp³-hybridized carbons (Fsp3) is 0.353. The van der Waals surface area contributed by atoms with Gasteiger partial charge in [-0.2, -0.15) is 0 Å². The molecule has 0 unspecified atom stereocenters. The van der Waals surface area contributed by atoms with Crippen molar-refractivity contribution in [3.05, 3.63) is 18.2 Å². The Morgan fingerprint density at radius 1 is 1.22 bits per heavy atom. The number of anilines is 1. The molecule has 148 valence electrons. The Morgan fingerprint density at radius 3 is 2.48 bits per heavy atom. The molecule has 1 saturated heterocycles. The number of hydrogen-bond donors (Lipinski definition) is 3. The highest BCUT2D eigenvalue weighted by molar-refractivity contribution is 8.25. The van der Waals surface area contributed by atoms with Crippen molar-refractivity contribution in [2.24, 2.45) is 0 Å². The molecule has 0 spiro atoms. The molecule has 1 fully saturated rings. The van der Waals surface area contributed by atoms with Crippen LogP contribution in [0.15, 0.2) is 22.6 Å². The lowest BCUT2D eigenvalue weighted by atomic mass is 10.1. The van der Waals surface area contributed by atoms with Gasteiger partial charge in [0.25, 0.3) is 5.88 Å². The van der Waals surface area contributed by atoms with Gasteiger partial charge in [-0.25, -0.2) is 4.31 Å². The Hall–Kier alpha value is -2.56. The van der Waals surface area contributed by atoms with Crippen molar-refractivity contribution >= 4 is 22.6 Å². The highest BCUT2D eigenvalue weighted by Gasteiger charge is 2.37. The molecule has 0 atom stereocenters. The third kappa shape index (κ3) is 3.51. The second-order valence-corrected chi connectivity index (χ2v) is 7.98. The molecule has 3 N–H and O–H groups in total. The molecule has 0 radical (unpaired) electrons. The molecule has 1 aliphatic rings. The predicted octanol–water partition coefficient (Wildman–Crippen LogP) is 3.47. The van der Waals surface area contributed by atoms with E-state index in [0.717, 1.165) is 0 Å². The van der Waals surface area contributed by atoms with E-state index in [4.69, 9.17) is 18.6 Å². The van der Waals surface area contributed by atoms with Crippen LogP contribution in [0.3, 0.4) is 0 Å². The van der Waals surface area contributed by atoms with E-state index in [2.05, 4.69) is 0 Å². The Morgan fingerprint density at radius 2 is 1.93 bits per heavy atom. The first kappa shape index (κ1) is 19.2. The summed E-state index contributed by atoms with van der Waals surface area (Å²) in [4.78, 5) is 11.5. The molecule has 2 aromatic rings. The summed E-state index contributed by atoms with van der Waals surface area (Å²) in [5.41, 5.74) is 0.431. The number of methoxy groups -OCH3 is 2. The largest absolute Gasteiger partial charge is 0.502 e. The maximum absolute atomic E-state index is 11.5. The number of carbonyl (C=O) groups is 1. The number of carbonyl (C=O) groups excluding carboxylic acids is 1. The number of esters is 1. The summed E-state index contributed by atoms with van der Waals surface area (Å²) in [6.45, 7) is 1.46. The number of ether oxygens (including phenoxy) is 3. The standard InChI is InChI=1S/C17H21NO8S/c1-10(19)25-16-14(20)15(11-5-6-12(23-2)13(9-11)24-3)26-17(16)18-7-4-8-27(18,21)22/h5-6,9,20-22H,4,7-8H2,1-3H3. The van der Waals surface area contributed by atoms with Gasteiger partial charge in [-0.3, -0.25) is 13.9 Å². The average molecular weight is 399 g/mol. The van der Waals surface area contributed by atoms with Crippen molar-refractivity contribution < 1.29 is 37.6 Å². The summed E-state index contributed by atoms with van der Waals surface area (Å²) in [5.74, 6) is -0.396. The van der Waals surface area contributed by atoms with Gasteiger partial charge >= 0.3 is 5.97 Å². The van der Waals surface area contributed by atoms with Crippen LogP contribution in [-0.4, -0.2) is 46.7 Å². The molecular weight excluding hydrogens is 378 g/mol. The van der Waals surface area contributed by atoms with Gasteiger partial charge in [-0.15, -0.1) is 10.8 Å². The van der Waals surface area contributed by atoms with Gasteiger partial charge in [0.05, 0.1) is 20.0 Å². The number of rotatable bonds is 5. The smallest absolute Gasteiger partial charge is 0.308 e. The summed E-state index contributed by atoms with van der Waals surface area (Å²) in [5, 5.41) is 10.6. The minimum atomic E-state index is -3.12. The van der Waals surface area contributed by atoms with Crippen LogP contribution in [-0.2, 0) is 4.79 Å². The van der Waals surface area contributed by atoms with Crippen molar-refractivity contribution in [2.45, 2.75) is 13.3 Å². The van der Waals surface area contributed by atoms with Crippen LogP contribution in [0.4, 0.5) is 5.88 Å². The van der Waals surface area contributed by atoms with E-state index in [-0.39, 0.29) is 29.7 Å². The lowest BCUT2D eigenvalue weighted by Crippen LogP contribution is -2.22. The quantitative estimate of drug-likeness (QED) is 0.649. The van der Waals surface area contributed by atoms with Crippen molar-refractivity contribution in [3.63, 3.8) is 0 Å². The number of furan rings is 1. The molecule has 0 amide bonds. The maximum atomic E-state index is 11.5. The van der Waals surface area contributed by atoms with Gasteiger partial charge in [0.15, 0.2) is 17.3 Å². The van der Waals surface area contributed by atoms with Crippen molar-refractivity contribution in [1.29, 1.82) is 0 Å². The lowest BCUT2D eigenvalue weighted by Gasteiger charge is -2.36. The summed E-state index contributed by atoms with van der Waals surface area (Å²) >= 11 is 0. The molecule has 1 aromatic heterocycles. The molecule has 1 aliphatic heterocycles. The van der Waals surface area contributed by atoms with Crippen LogP contribution in [0.1, 0.15) is 13.3 Å². The Labute approximate surface area is 157 Å². The Kier molecular flexibility index (Phi) is 5.13. The van der Waals surface area contributed by atoms with Gasteiger partial charge in [-0.05, 0) is 24.6 Å². The third-order valence-corrected chi connectivity index (χ3v) is 5.96. The summed E-state index contributed by atoms with van der Waals surface area (Å²) in [7, 11) is -0.147.